The van der Waals surface area contributed by atoms with Crippen LogP contribution in [0.5, 0.6) is 0 Å². The van der Waals surface area contributed by atoms with E-state index in [9.17, 15) is 17.2 Å². The Morgan fingerprint density at radius 1 is 1.28 bits per heavy atom. The molecular formula is C11H14F2N2O2S. The summed E-state index contributed by atoms with van der Waals surface area (Å²) in [4.78, 5) is -0.234. The van der Waals surface area contributed by atoms with Gasteiger partial charge in [0.1, 0.15) is 0 Å². The molecule has 100 valence electrons. The van der Waals surface area contributed by atoms with Gasteiger partial charge in [-0.05, 0) is 31.0 Å². The van der Waals surface area contributed by atoms with Gasteiger partial charge in [-0.3, -0.25) is 0 Å². The van der Waals surface area contributed by atoms with E-state index in [2.05, 4.69) is 0 Å². The fraction of sp³-hybridized carbons (Fsp3) is 0.455. The van der Waals surface area contributed by atoms with Gasteiger partial charge >= 0.3 is 0 Å². The zero-order valence-electron chi connectivity index (χ0n) is 9.64. The van der Waals surface area contributed by atoms with E-state index >= 15 is 0 Å². The molecule has 0 aromatic heterocycles. The highest BCUT2D eigenvalue weighted by Crippen LogP contribution is 2.31. The first-order valence-corrected chi connectivity index (χ1v) is 7.08. The second-order valence-corrected chi connectivity index (χ2v) is 6.10. The van der Waals surface area contributed by atoms with Crippen LogP contribution >= 0.6 is 0 Å². The van der Waals surface area contributed by atoms with Gasteiger partial charge in [0.05, 0.1) is 4.90 Å². The Morgan fingerprint density at radius 2 is 1.94 bits per heavy atom. The maximum absolute atomic E-state index is 13.1. The van der Waals surface area contributed by atoms with Crippen LogP contribution < -0.4 is 5.73 Å². The minimum Gasteiger partial charge on any atom is -0.329 e. The van der Waals surface area contributed by atoms with E-state index in [0.29, 0.717) is 6.07 Å². The van der Waals surface area contributed by atoms with Crippen molar-refractivity contribution in [3.63, 3.8) is 0 Å². The summed E-state index contributed by atoms with van der Waals surface area (Å²) in [5.41, 5.74) is 5.38. The van der Waals surface area contributed by atoms with Crippen LogP contribution in [0.2, 0.25) is 0 Å². The quantitative estimate of drug-likeness (QED) is 0.875. The molecule has 0 heterocycles. The Bertz CT molecular complexity index is 544. The molecule has 0 atom stereocenters. The van der Waals surface area contributed by atoms with E-state index in [-0.39, 0.29) is 24.0 Å². The van der Waals surface area contributed by atoms with Crippen molar-refractivity contribution in [1.82, 2.24) is 4.31 Å². The molecule has 2 rings (SSSR count). The van der Waals surface area contributed by atoms with E-state index in [1.54, 1.807) is 0 Å². The van der Waals surface area contributed by atoms with Gasteiger partial charge in [0, 0.05) is 19.1 Å². The molecule has 1 aliphatic rings. The number of nitrogens with zero attached hydrogens (tertiary/aromatic N) is 1. The average Bonchev–Trinajstić information content (AvgIpc) is 3.13. The predicted octanol–water partition coefficient (Wildman–Crippen LogP) is 1.08. The molecule has 2 N–H and O–H groups in total. The molecule has 0 aliphatic heterocycles. The lowest BCUT2D eigenvalue weighted by Gasteiger charge is -2.21. The molecule has 1 aromatic carbocycles. The van der Waals surface area contributed by atoms with Gasteiger partial charge in [0.15, 0.2) is 11.6 Å². The Morgan fingerprint density at radius 3 is 2.44 bits per heavy atom. The zero-order chi connectivity index (χ0) is 13.3. The van der Waals surface area contributed by atoms with Gasteiger partial charge < -0.3 is 5.73 Å². The van der Waals surface area contributed by atoms with Crippen LogP contribution in [0.3, 0.4) is 0 Å². The molecule has 0 saturated heterocycles. The molecule has 0 unspecified atom stereocenters. The normalized spacial score (nSPS) is 16.2. The average molecular weight is 276 g/mol. The van der Waals surface area contributed by atoms with Crippen molar-refractivity contribution in [1.29, 1.82) is 0 Å². The molecule has 1 fully saturated rings. The first-order valence-electron chi connectivity index (χ1n) is 5.64. The molecule has 0 radical (unpaired) electrons. The first kappa shape index (κ1) is 13.4. The fourth-order valence-electron chi connectivity index (χ4n) is 1.76. The second kappa shape index (κ2) is 4.91. The van der Waals surface area contributed by atoms with Crippen LogP contribution in [0.4, 0.5) is 8.78 Å². The van der Waals surface area contributed by atoms with Crippen molar-refractivity contribution in [3.05, 3.63) is 29.8 Å². The van der Waals surface area contributed by atoms with Crippen molar-refractivity contribution >= 4 is 10.0 Å². The van der Waals surface area contributed by atoms with Crippen LogP contribution in [-0.4, -0.2) is 31.9 Å². The van der Waals surface area contributed by atoms with E-state index < -0.39 is 21.7 Å². The number of nitrogens with two attached hydrogens (primary N) is 1. The maximum Gasteiger partial charge on any atom is 0.243 e. The highest BCUT2D eigenvalue weighted by molar-refractivity contribution is 7.89. The summed E-state index contributed by atoms with van der Waals surface area (Å²) >= 11 is 0. The summed E-state index contributed by atoms with van der Waals surface area (Å²) in [6.45, 7) is 0.380. The summed E-state index contributed by atoms with van der Waals surface area (Å²) in [7, 11) is -3.79. The number of hydrogen-bond acceptors (Lipinski definition) is 3. The summed E-state index contributed by atoms with van der Waals surface area (Å²) in [5.74, 6) is -2.23. The zero-order valence-corrected chi connectivity index (χ0v) is 10.5. The monoisotopic (exact) mass is 276 g/mol. The third-order valence-corrected chi connectivity index (χ3v) is 4.75. The van der Waals surface area contributed by atoms with Crippen LogP contribution in [0.1, 0.15) is 12.8 Å². The SMILES string of the molecule is NCCN(C1CC1)S(=O)(=O)c1ccc(F)c(F)c1. The maximum atomic E-state index is 13.1. The van der Waals surface area contributed by atoms with Crippen molar-refractivity contribution in [2.45, 2.75) is 23.8 Å². The second-order valence-electron chi connectivity index (χ2n) is 4.21. The fourth-order valence-corrected chi connectivity index (χ4v) is 3.47. The molecule has 1 aromatic rings. The van der Waals surface area contributed by atoms with Gasteiger partial charge in [-0.1, -0.05) is 0 Å². The van der Waals surface area contributed by atoms with Gasteiger partial charge in [-0.25, -0.2) is 17.2 Å². The Balaban J connectivity index is 2.36. The number of hydrogen-bond donors (Lipinski definition) is 1. The van der Waals surface area contributed by atoms with Crippen LogP contribution in [0.25, 0.3) is 0 Å². The molecule has 0 amide bonds. The lowest BCUT2D eigenvalue weighted by molar-refractivity contribution is 0.410. The van der Waals surface area contributed by atoms with E-state index in [0.717, 1.165) is 25.0 Å². The molecule has 1 aliphatic carbocycles. The third kappa shape index (κ3) is 2.52. The Kier molecular flexibility index (Phi) is 3.65. The minimum atomic E-state index is -3.79. The lowest BCUT2D eigenvalue weighted by atomic mass is 10.3. The summed E-state index contributed by atoms with van der Waals surface area (Å²) in [5, 5.41) is 0. The van der Waals surface area contributed by atoms with Crippen molar-refractivity contribution in [2.75, 3.05) is 13.1 Å². The highest BCUT2D eigenvalue weighted by atomic mass is 32.2. The van der Waals surface area contributed by atoms with Crippen LogP contribution in [0, 0.1) is 11.6 Å². The van der Waals surface area contributed by atoms with Gasteiger partial charge in [-0.15, -0.1) is 0 Å². The van der Waals surface area contributed by atoms with E-state index in [1.807, 2.05) is 0 Å². The van der Waals surface area contributed by atoms with Crippen molar-refractivity contribution in [3.8, 4) is 0 Å². The standard InChI is InChI=1S/C11H14F2N2O2S/c12-10-4-3-9(7-11(10)13)18(16,17)15(6-5-14)8-1-2-8/h3-4,7-8H,1-2,5-6,14H2. The van der Waals surface area contributed by atoms with E-state index in [1.165, 1.54) is 4.31 Å². The highest BCUT2D eigenvalue weighted by Gasteiger charge is 2.37. The topological polar surface area (TPSA) is 63.4 Å². The number of rotatable bonds is 5. The van der Waals surface area contributed by atoms with Crippen LogP contribution in [-0.2, 0) is 10.0 Å². The first-order chi connectivity index (χ1) is 8.46. The number of halogens is 2. The van der Waals surface area contributed by atoms with Gasteiger partial charge in [0.25, 0.3) is 0 Å². The van der Waals surface area contributed by atoms with Crippen molar-refractivity contribution < 1.29 is 17.2 Å². The van der Waals surface area contributed by atoms with Crippen LogP contribution in [0.15, 0.2) is 23.1 Å². The van der Waals surface area contributed by atoms with Gasteiger partial charge in [0.2, 0.25) is 10.0 Å². The number of sulfonamides is 1. The lowest BCUT2D eigenvalue weighted by Crippen LogP contribution is -2.37. The van der Waals surface area contributed by atoms with Crippen molar-refractivity contribution in [2.24, 2.45) is 5.73 Å². The molecule has 0 bridgehead atoms. The molecule has 7 heteroatoms. The Labute approximate surface area is 104 Å². The van der Waals surface area contributed by atoms with E-state index in [4.69, 9.17) is 5.73 Å². The summed E-state index contributed by atoms with van der Waals surface area (Å²) in [6.07, 6.45) is 1.56. The summed E-state index contributed by atoms with van der Waals surface area (Å²) < 4.78 is 51.7. The molecule has 0 spiro atoms. The molecule has 1 saturated carbocycles. The minimum absolute atomic E-state index is 0.0633. The molecule has 4 nitrogen and oxygen atoms in total. The Hall–Kier alpha value is -1.05. The van der Waals surface area contributed by atoms with Gasteiger partial charge in [-0.2, -0.15) is 4.31 Å². The largest absolute Gasteiger partial charge is 0.329 e. The summed E-state index contributed by atoms with van der Waals surface area (Å²) in [6, 6.07) is 2.53. The molecule has 18 heavy (non-hydrogen) atoms. The number of benzene rings is 1. The smallest absolute Gasteiger partial charge is 0.243 e. The third-order valence-electron chi connectivity index (χ3n) is 2.80. The predicted molar refractivity (Wildman–Crippen MR) is 62.3 cm³/mol. The molecular weight excluding hydrogens is 262 g/mol.